The Morgan fingerprint density at radius 3 is 2.37 bits per heavy atom. The summed E-state index contributed by atoms with van der Waals surface area (Å²) in [5.74, 6) is 0.0758. The summed E-state index contributed by atoms with van der Waals surface area (Å²) in [4.78, 5) is 30.1. The van der Waals surface area contributed by atoms with E-state index in [1.54, 1.807) is 52.4 Å². The maximum atomic E-state index is 12.3. The molecule has 0 saturated carbocycles. The molecule has 0 radical (unpaired) electrons. The lowest BCUT2D eigenvalue weighted by Gasteiger charge is -2.15. The highest BCUT2D eigenvalue weighted by atomic mass is 32.1. The minimum Gasteiger partial charge on any atom is -0.472 e. The van der Waals surface area contributed by atoms with E-state index in [-0.39, 0.29) is 34.4 Å². The highest BCUT2D eigenvalue weighted by Crippen LogP contribution is 2.25. The molecule has 0 spiro atoms. The van der Waals surface area contributed by atoms with Gasteiger partial charge in [-0.2, -0.15) is 4.98 Å². The Bertz CT molecular complexity index is 918. The first kappa shape index (κ1) is 23.0. The Kier molecular flexibility index (Phi) is 8.07. The van der Waals surface area contributed by atoms with Crippen LogP contribution in [0.2, 0.25) is 0 Å². The van der Waals surface area contributed by atoms with Crippen molar-refractivity contribution in [3.63, 3.8) is 0 Å². The van der Waals surface area contributed by atoms with Crippen LogP contribution in [0.1, 0.15) is 27.6 Å². The summed E-state index contributed by atoms with van der Waals surface area (Å²) in [6, 6.07) is 9.42. The van der Waals surface area contributed by atoms with Crippen molar-refractivity contribution in [2.75, 3.05) is 27.8 Å². The highest BCUT2D eigenvalue weighted by Gasteiger charge is 2.15. The Hall–Kier alpha value is -3.24. The van der Waals surface area contributed by atoms with Gasteiger partial charge in [0.05, 0.1) is 12.2 Å². The topological polar surface area (TPSA) is 116 Å². The predicted octanol–water partition coefficient (Wildman–Crippen LogP) is 1.96. The molecule has 30 heavy (non-hydrogen) atoms. The van der Waals surface area contributed by atoms with Crippen LogP contribution in [0.3, 0.4) is 0 Å². The number of hydrogen-bond acceptors (Lipinski definition) is 7. The van der Waals surface area contributed by atoms with Crippen LogP contribution >= 0.6 is 12.2 Å². The molecule has 1 aromatic heterocycles. The Morgan fingerprint density at radius 2 is 1.80 bits per heavy atom. The molecule has 2 rings (SSSR count). The molecular formula is C20H24N4O5S. The molecule has 0 aliphatic heterocycles. The van der Waals surface area contributed by atoms with Crippen molar-refractivity contribution < 1.29 is 23.8 Å². The minimum absolute atomic E-state index is 0.122. The van der Waals surface area contributed by atoms with E-state index in [2.05, 4.69) is 10.3 Å². The van der Waals surface area contributed by atoms with Crippen molar-refractivity contribution in [2.24, 2.45) is 5.73 Å². The van der Waals surface area contributed by atoms with Gasteiger partial charge in [-0.25, -0.2) is 0 Å². The summed E-state index contributed by atoms with van der Waals surface area (Å²) in [6.45, 7) is 2.14. The van der Waals surface area contributed by atoms with E-state index in [1.165, 1.54) is 17.0 Å². The number of methoxy groups -OCH3 is 1. The van der Waals surface area contributed by atoms with Gasteiger partial charge in [-0.3, -0.25) is 14.9 Å². The molecule has 0 fully saturated rings. The van der Waals surface area contributed by atoms with Gasteiger partial charge in [-0.1, -0.05) is 0 Å². The van der Waals surface area contributed by atoms with Crippen LogP contribution < -0.4 is 20.5 Å². The molecule has 1 aromatic carbocycles. The van der Waals surface area contributed by atoms with Crippen LogP contribution in [0.25, 0.3) is 0 Å². The maximum Gasteiger partial charge on any atom is 0.257 e. The van der Waals surface area contributed by atoms with Crippen molar-refractivity contribution in [3.05, 3.63) is 47.5 Å². The van der Waals surface area contributed by atoms with Crippen LogP contribution in [0, 0.1) is 0 Å². The number of nitrogens with zero attached hydrogens (tertiary/aromatic N) is 2. The number of aromatic nitrogens is 1. The molecule has 2 amide bonds. The zero-order valence-corrected chi connectivity index (χ0v) is 18.0. The van der Waals surface area contributed by atoms with Gasteiger partial charge < -0.3 is 24.8 Å². The summed E-state index contributed by atoms with van der Waals surface area (Å²) in [6.07, 6.45) is -0.305. The minimum atomic E-state index is -0.522. The van der Waals surface area contributed by atoms with Crippen molar-refractivity contribution in [2.45, 2.75) is 13.0 Å². The number of benzene rings is 1. The first-order valence-corrected chi connectivity index (χ1v) is 9.38. The van der Waals surface area contributed by atoms with Crippen LogP contribution in [-0.4, -0.2) is 60.7 Å². The summed E-state index contributed by atoms with van der Waals surface area (Å²) in [5.41, 5.74) is 6.10. The summed E-state index contributed by atoms with van der Waals surface area (Å²) in [5, 5.41) is 2.19. The van der Waals surface area contributed by atoms with Crippen LogP contribution in [0.5, 0.6) is 17.5 Å². The molecule has 0 aliphatic rings. The van der Waals surface area contributed by atoms with Gasteiger partial charge in [0.15, 0.2) is 5.11 Å². The number of hydrogen-bond donors (Lipinski definition) is 2. The van der Waals surface area contributed by atoms with Crippen LogP contribution in [0.15, 0.2) is 36.4 Å². The molecule has 0 saturated heterocycles. The fraction of sp³-hybridized carbons (Fsp3) is 0.300. The average molecular weight is 433 g/mol. The number of thiocarbonyl (C=S) groups is 1. The summed E-state index contributed by atoms with van der Waals surface area (Å²) < 4.78 is 16.5. The molecule has 160 valence electrons. The van der Waals surface area contributed by atoms with Crippen molar-refractivity contribution in [3.8, 4) is 17.5 Å². The van der Waals surface area contributed by atoms with E-state index in [0.717, 1.165) is 0 Å². The summed E-state index contributed by atoms with van der Waals surface area (Å²) >= 11 is 4.72. The van der Waals surface area contributed by atoms with Gasteiger partial charge in [0, 0.05) is 38.9 Å². The first-order chi connectivity index (χ1) is 14.2. The number of amides is 2. The van der Waals surface area contributed by atoms with E-state index in [0.29, 0.717) is 17.9 Å². The predicted molar refractivity (Wildman–Crippen MR) is 115 cm³/mol. The molecule has 10 heteroatoms. The second kappa shape index (κ2) is 10.5. The number of rotatable bonds is 8. The fourth-order valence-electron chi connectivity index (χ4n) is 2.43. The van der Waals surface area contributed by atoms with E-state index in [4.69, 9.17) is 32.2 Å². The number of nitrogens with two attached hydrogens (primary N) is 1. The van der Waals surface area contributed by atoms with Crippen molar-refractivity contribution in [1.29, 1.82) is 0 Å². The van der Waals surface area contributed by atoms with E-state index >= 15 is 0 Å². The standard InChI is InChI=1S/C20H24N4O5S/c1-12(11-27-4)28-16-9-14(18(25)23-20(21)30)10-17(22-16)29-15-7-5-13(6-8-15)19(26)24(2)3/h5-10,12H,11H2,1-4H3,(H3,21,23,25,30)/t12-/m1/s1. The third-order valence-electron chi connectivity index (χ3n) is 3.73. The van der Waals surface area contributed by atoms with Gasteiger partial charge in [0.2, 0.25) is 11.8 Å². The quantitative estimate of drug-likeness (QED) is 0.608. The molecule has 0 bridgehead atoms. The molecule has 3 N–H and O–H groups in total. The lowest BCUT2D eigenvalue weighted by Crippen LogP contribution is -2.34. The first-order valence-electron chi connectivity index (χ1n) is 8.97. The largest absolute Gasteiger partial charge is 0.472 e. The van der Waals surface area contributed by atoms with Gasteiger partial charge in [-0.15, -0.1) is 0 Å². The highest BCUT2D eigenvalue weighted by molar-refractivity contribution is 7.80. The number of carbonyl (C=O) groups is 2. The number of ether oxygens (including phenoxy) is 3. The smallest absolute Gasteiger partial charge is 0.257 e. The third-order valence-corrected chi connectivity index (χ3v) is 3.83. The number of nitrogens with one attached hydrogen (secondary N) is 1. The zero-order valence-electron chi connectivity index (χ0n) is 17.2. The molecule has 1 atom stereocenters. The Labute approximate surface area is 180 Å². The molecule has 0 unspecified atom stereocenters. The zero-order chi connectivity index (χ0) is 22.3. The van der Waals surface area contributed by atoms with Gasteiger partial charge in [0.1, 0.15) is 11.9 Å². The lowest BCUT2D eigenvalue weighted by atomic mass is 10.2. The second-order valence-corrected chi connectivity index (χ2v) is 7.00. The van der Waals surface area contributed by atoms with Crippen LogP contribution in [0.4, 0.5) is 0 Å². The third kappa shape index (κ3) is 6.68. The fourth-order valence-corrected chi connectivity index (χ4v) is 2.52. The van der Waals surface area contributed by atoms with Gasteiger partial charge in [0.25, 0.3) is 11.8 Å². The van der Waals surface area contributed by atoms with Crippen molar-refractivity contribution in [1.82, 2.24) is 15.2 Å². The molecule has 9 nitrogen and oxygen atoms in total. The SMILES string of the molecule is COC[C@@H](C)Oc1cc(C(=O)NC(N)=S)cc(Oc2ccc(C(=O)N(C)C)cc2)n1. The Balaban J connectivity index is 2.29. The van der Waals surface area contributed by atoms with Gasteiger partial charge in [-0.05, 0) is 43.4 Å². The lowest BCUT2D eigenvalue weighted by molar-refractivity contribution is 0.0827. The molecule has 2 aromatic rings. The van der Waals surface area contributed by atoms with Crippen LogP contribution in [-0.2, 0) is 4.74 Å². The summed E-state index contributed by atoms with van der Waals surface area (Å²) in [7, 11) is 4.90. The van der Waals surface area contributed by atoms with E-state index < -0.39 is 5.91 Å². The van der Waals surface area contributed by atoms with Crippen molar-refractivity contribution >= 4 is 29.1 Å². The van der Waals surface area contributed by atoms with E-state index in [1.807, 2.05) is 0 Å². The second-order valence-electron chi connectivity index (χ2n) is 6.56. The van der Waals surface area contributed by atoms with E-state index in [9.17, 15) is 9.59 Å². The average Bonchev–Trinajstić information content (AvgIpc) is 2.67. The number of carbonyl (C=O) groups excluding carboxylic acids is 2. The Morgan fingerprint density at radius 1 is 1.17 bits per heavy atom. The maximum absolute atomic E-state index is 12.3. The molecular weight excluding hydrogens is 408 g/mol. The normalized spacial score (nSPS) is 11.3. The van der Waals surface area contributed by atoms with Gasteiger partial charge >= 0.3 is 0 Å². The number of pyridine rings is 1. The molecule has 1 heterocycles. The monoisotopic (exact) mass is 432 g/mol. The molecule has 0 aliphatic carbocycles.